The van der Waals surface area contributed by atoms with Gasteiger partial charge in [-0.2, -0.15) is 5.10 Å². The molecule has 1 aromatic carbocycles. The molecule has 22 heavy (non-hydrogen) atoms. The lowest BCUT2D eigenvalue weighted by Gasteiger charge is -2.23. The first-order valence-electron chi connectivity index (χ1n) is 7.25. The molecule has 1 amide bonds. The second-order valence-corrected chi connectivity index (χ2v) is 5.36. The Morgan fingerprint density at radius 1 is 1.32 bits per heavy atom. The van der Waals surface area contributed by atoms with Crippen molar-refractivity contribution in [2.45, 2.75) is 25.3 Å². The van der Waals surface area contributed by atoms with E-state index in [-0.39, 0.29) is 11.9 Å². The molecule has 6 nitrogen and oxygen atoms in total. The average molecular weight is 301 g/mol. The van der Waals surface area contributed by atoms with E-state index in [0.717, 1.165) is 25.0 Å². The fraction of sp³-hybridized carbons (Fsp3) is 0.375. The maximum atomic E-state index is 12.4. The van der Waals surface area contributed by atoms with Gasteiger partial charge in [-0.15, -0.1) is 0 Å². The van der Waals surface area contributed by atoms with Crippen molar-refractivity contribution in [3.63, 3.8) is 0 Å². The Kier molecular flexibility index (Phi) is 4.00. The van der Waals surface area contributed by atoms with Crippen molar-refractivity contribution in [1.29, 1.82) is 0 Å². The molecule has 1 atom stereocenters. The first-order chi connectivity index (χ1) is 10.7. The van der Waals surface area contributed by atoms with Crippen LogP contribution < -0.4 is 14.8 Å². The van der Waals surface area contributed by atoms with Crippen molar-refractivity contribution in [3.05, 3.63) is 41.2 Å². The predicted octanol–water partition coefficient (Wildman–Crippen LogP) is 1.71. The van der Waals surface area contributed by atoms with Crippen molar-refractivity contribution < 1.29 is 14.3 Å². The van der Waals surface area contributed by atoms with E-state index in [1.165, 1.54) is 5.56 Å². The molecule has 1 aliphatic carbocycles. The van der Waals surface area contributed by atoms with Gasteiger partial charge in [-0.05, 0) is 36.6 Å². The number of H-pyrrole nitrogens is 1. The van der Waals surface area contributed by atoms with Crippen molar-refractivity contribution >= 4 is 5.91 Å². The summed E-state index contributed by atoms with van der Waals surface area (Å²) in [7, 11) is 3.13. The molecule has 6 heteroatoms. The Balaban J connectivity index is 1.70. The summed E-state index contributed by atoms with van der Waals surface area (Å²) < 4.78 is 10.4. The lowest BCUT2D eigenvalue weighted by Crippen LogP contribution is -2.38. The maximum Gasteiger partial charge on any atom is 0.251 e. The molecule has 0 saturated heterocycles. The number of nitrogens with zero attached hydrogens (tertiary/aromatic N) is 1. The van der Waals surface area contributed by atoms with Crippen LogP contribution in [0.25, 0.3) is 0 Å². The normalized spacial score (nSPS) is 16.7. The molecule has 0 aliphatic heterocycles. The molecular weight excluding hydrogens is 282 g/mol. The van der Waals surface area contributed by atoms with Gasteiger partial charge in [-0.25, -0.2) is 0 Å². The summed E-state index contributed by atoms with van der Waals surface area (Å²) in [5, 5.41) is 10.1. The number of ether oxygens (including phenoxy) is 2. The Morgan fingerprint density at radius 3 is 2.91 bits per heavy atom. The summed E-state index contributed by atoms with van der Waals surface area (Å²) in [5.41, 5.74) is 2.92. The lowest BCUT2D eigenvalue weighted by atomic mass is 9.93. The summed E-state index contributed by atoms with van der Waals surface area (Å²) in [4.78, 5) is 12.4. The fourth-order valence-electron chi connectivity index (χ4n) is 2.78. The van der Waals surface area contributed by atoms with Gasteiger partial charge in [0, 0.05) is 23.7 Å². The summed E-state index contributed by atoms with van der Waals surface area (Å²) >= 11 is 0. The predicted molar refractivity (Wildman–Crippen MR) is 81.4 cm³/mol. The third-order valence-corrected chi connectivity index (χ3v) is 4.00. The molecule has 1 unspecified atom stereocenters. The highest BCUT2D eigenvalue weighted by Gasteiger charge is 2.22. The Morgan fingerprint density at radius 2 is 2.14 bits per heavy atom. The molecule has 116 valence electrons. The van der Waals surface area contributed by atoms with Crippen molar-refractivity contribution in [2.75, 3.05) is 14.2 Å². The largest absolute Gasteiger partial charge is 0.493 e. The number of rotatable bonds is 4. The van der Waals surface area contributed by atoms with Crippen LogP contribution in [-0.4, -0.2) is 36.4 Å². The van der Waals surface area contributed by atoms with E-state index in [4.69, 9.17) is 9.47 Å². The molecule has 1 heterocycles. The average Bonchev–Trinajstić information content (AvgIpc) is 3.01. The Hall–Kier alpha value is -2.50. The molecular formula is C16H19N3O3. The van der Waals surface area contributed by atoms with Gasteiger partial charge in [0.25, 0.3) is 5.91 Å². The van der Waals surface area contributed by atoms with Crippen LogP contribution in [-0.2, 0) is 12.8 Å². The van der Waals surface area contributed by atoms with Crippen LogP contribution in [0.1, 0.15) is 28.0 Å². The summed E-state index contributed by atoms with van der Waals surface area (Å²) in [5.74, 6) is 1.06. The highest BCUT2D eigenvalue weighted by atomic mass is 16.5. The number of fused-ring (bicyclic) bond motifs is 1. The minimum absolute atomic E-state index is 0.103. The van der Waals surface area contributed by atoms with Gasteiger partial charge < -0.3 is 14.8 Å². The van der Waals surface area contributed by atoms with Gasteiger partial charge in [-0.3, -0.25) is 9.89 Å². The zero-order valence-electron chi connectivity index (χ0n) is 12.7. The van der Waals surface area contributed by atoms with Crippen LogP contribution in [0.3, 0.4) is 0 Å². The molecule has 2 aromatic rings. The second-order valence-electron chi connectivity index (χ2n) is 5.36. The Bertz CT molecular complexity index is 681. The molecule has 1 aliphatic rings. The summed E-state index contributed by atoms with van der Waals surface area (Å²) in [6, 6.07) is 5.29. The third-order valence-electron chi connectivity index (χ3n) is 4.00. The summed E-state index contributed by atoms with van der Waals surface area (Å²) in [6.07, 6.45) is 4.50. The van der Waals surface area contributed by atoms with Crippen LogP contribution in [0.2, 0.25) is 0 Å². The van der Waals surface area contributed by atoms with Gasteiger partial charge in [0.2, 0.25) is 0 Å². The first-order valence-corrected chi connectivity index (χ1v) is 7.25. The third kappa shape index (κ3) is 2.77. The molecule has 3 rings (SSSR count). The second kappa shape index (κ2) is 6.09. The lowest BCUT2D eigenvalue weighted by molar-refractivity contribution is 0.0933. The van der Waals surface area contributed by atoms with Crippen LogP contribution in [0.5, 0.6) is 11.5 Å². The number of aromatic amines is 1. The van der Waals surface area contributed by atoms with Gasteiger partial charge in [0.1, 0.15) is 0 Å². The molecule has 2 N–H and O–H groups in total. The van der Waals surface area contributed by atoms with E-state index < -0.39 is 0 Å². The number of benzene rings is 1. The van der Waals surface area contributed by atoms with Gasteiger partial charge >= 0.3 is 0 Å². The van der Waals surface area contributed by atoms with Crippen LogP contribution in [0, 0.1) is 0 Å². The number of hydrogen-bond acceptors (Lipinski definition) is 4. The smallest absolute Gasteiger partial charge is 0.251 e. The summed E-state index contributed by atoms with van der Waals surface area (Å²) in [6.45, 7) is 0. The molecule has 0 radical (unpaired) electrons. The van der Waals surface area contributed by atoms with Crippen molar-refractivity contribution in [1.82, 2.24) is 15.5 Å². The molecule has 0 saturated carbocycles. The SMILES string of the molecule is COc1ccc(C(=O)NC2CCc3cn[nH]c3C2)cc1OC. The molecule has 0 fully saturated rings. The standard InChI is InChI=1S/C16H19N3O3/c1-21-14-6-4-10(7-15(14)22-2)16(20)18-12-5-3-11-9-17-19-13(11)8-12/h4,6-7,9,12H,3,5,8H2,1-2H3,(H,17,19)(H,18,20). The quantitative estimate of drug-likeness (QED) is 0.901. The number of methoxy groups -OCH3 is 2. The zero-order valence-corrected chi connectivity index (χ0v) is 12.7. The van der Waals surface area contributed by atoms with Crippen molar-refractivity contribution in [2.24, 2.45) is 0 Å². The number of aryl methyl sites for hydroxylation is 1. The number of aromatic nitrogens is 2. The molecule has 0 spiro atoms. The monoisotopic (exact) mass is 301 g/mol. The highest BCUT2D eigenvalue weighted by Crippen LogP contribution is 2.27. The van der Waals surface area contributed by atoms with Crippen LogP contribution in [0.15, 0.2) is 24.4 Å². The van der Waals surface area contributed by atoms with E-state index in [1.807, 2.05) is 6.20 Å². The minimum atomic E-state index is -0.103. The van der Waals surface area contributed by atoms with Crippen molar-refractivity contribution in [3.8, 4) is 11.5 Å². The topological polar surface area (TPSA) is 76.2 Å². The number of amides is 1. The van der Waals surface area contributed by atoms with E-state index in [0.29, 0.717) is 17.1 Å². The molecule has 1 aromatic heterocycles. The van der Waals surface area contributed by atoms with E-state index in [2.05, 4.69) is 15.5 Å². The number of hydrogen-bond donors (Lipinski definition) is 2. The van der Waals surface area contributed by atoms with Gasteiger partial charge in [-0.1, -0.05) is 0 Å². The Labute approximate surface area is 128 Å². The van der Waals surface area contributed by atoms with E-state index in [9.17, 15) is 4.79 Å². The van der Waals surface area contributed by atoms with E-state index in [1.54, 1.807) is 32.4 Å². The van der Waals surface area contributed by atoms with Gasteiger partial charge in [0.05, 0.1) is 20.4 Å². The zero-order chi connectivity index (χ0) is 15.5. The van der Waals surface area contributed by atoms with Crippen LogP contribution in [0.4, 0.5) is 0 Å². The fourth-order valence-corrected chi connectivity index (χ4v) is 2.78. The van der Waals surface area contributed by atoms with Crippen LogP contribution >= 0.6 is 0 Å². The van der Waals surface area contributed by atoms with E-state index >= 15 is 0 Å². The van der Waals surface area contributed by atoms with Gasteiger partial charge in [0.15, 0.2) is 11.5 Å². The number of carbonyl (C=O) groups is 1. The first kappa shape index (κ1) is 14.4. The molecule has 0 bridgehead atoms. The minimum Gasteiger partial charge on any atom is -0.493 e. The number of nitrogens with one attached hydrogen (secondary N) is 2. The maximum absolute atomic E-state index is 12.4. The number of carbonyl (C=O) groups excluding carboxylic acids is 1. The highest BCUT2D eigenvalue weighted by molar-refractivity contribution is 5.95.